The number of hydrogen-bond acceptors (Lipinski definition) is 1. The van der Waals surface area contributed by atoms with Crippen molar-refractivity contribution in [2.75, 3.05) is 0 Å². The maximum Gasteiger partial charge on any atom is 0.126 e. The summed E-state index contributed by atoms with van der Waals surface area (Å²) in [5, 5.41) is 0. The van der Waals surface area contributed by atoms with Gasteiger partial charge in [0.2, 0.25) is 0 Å². The Morgan fingerprint density at radius 1 is 1.17 bits per heavy atom. The monoisotopic (exact) mass is 182 g/mol. The highest BCUT2D eigenvalue weighted by atomic mass is 31.0. The average molecular weight is 182 g/mol. The average Bonchev–Trinajstić information content (AvgIpc) is 2.03. The SMILES string of the molecule is CC(C)(C)c1ccccc1OP. The molecule has 2 heteroatoms. The molecule has 0 aliphatic rings. The standard InChI is InChI=1S/C10H15OP/c1-10(2,3)8-6-4-5-7-9(8)11-12/h4-7H,12H2,1-3H3. The molecule has 1 nitrogen and oxygen atoms in total. The summed E-state index contributed by atoms with van der Waals surface area (Å²) in [6, 6.07) is 8.09. The topological polar surface area (TPSA) is 9.23 Å². The third-order valence-electron chi connectivity index (χ3n) is 1.82. The number of para-hydroxylation sites is 1. The first kappa shape index (κ1) is 9.54. The third kappa shape index (κ3) is 1.98. The van der Waals surface area contributed by atoms with Gasteiger partial charge in [-0.05, 0) is 17.0 Å². The molecule has 1 rings (SSSR count). The van der Waals surface area contributed by atoms with Crippen LogP contribution < -0.4 is 4.52 Å². The van der Waals surface area contributed by atoms with E-state index in [1.165, 1.54) is 5.56 Å². The fraction of sp³-hybridized carbons (Fsp3) is 0.400. The molecule has 1 aromatic carbocycles. The predicted octanol–water partition coefficient (Wildman–Crippen LogP) is 3.15. The molecule has 0 amide bonds. The van der Waals surface area contributed by atoms with E-state index in [-0.39, 0.29) is 5.41 Å². The van der Waals surface area contributed by atoms with E-state index in [0.717, 1.165) is 5.75 Å². The normalized spacial score (nSPS) is 11.3. The Labute approximate surface area is 76.4 Å². The van der Waals surface area contributed by atoms with E-state index in [9.17, 15) is 0 Å². The van der Waals surface area contributed by atoms with E-state index >= 15 is 0 Å². The van der Waals surface area contributed by atoms with E-state index in [0.29, 0.717) is 0 Å². The Hall–Kier alpha value is -0.550. The van der Waals surface area contributed by atoms with Gasteiger partial charge in [-0.2, -0.15) is 0 Å². The molecule has 0 heterocycles. The molecule has 0 bridgehead atoms. The molecular weight excluding hydrogens is 167 g/mol. The first-order valence-electron chi connectivity index (χ1n) is 4.02. The van der Waals surface area contributed by atoms with Crippen molar-refractivity contribution >= 4 is 9.47 Å². The fourth-order valence-corrected chi connectivity index (χ4v) is 1.39. The fourth-order valence-electron chi connectivity index (χ4n) is 1.19. The molecule has 1 aromatic rings. The molecule has 66 valence electrons. The third-order valence-corrected chi connectivity index (χ3v) is 2.08. The molecule has 0 spiro atoms. The Morgan fingerprint density at radius 2 is 1.75 bits per heavy atom. The Kier molecular flexibility index (Phi) is 2.74. The van der Waals surface area contributed by atoms with E-state index in [4.69, 9.17) is 4.52 Å². The highest BCUT2D eigenvalue weighted by Gasteiger charge is 2.17. The summed E-state index contributed by atoms with van der Waals surface area (Å²) in [6.07, 6.45) is 0. The maximum absolute atomic E-state index is 5.19. The minimum atomic E-state index is 0.146. The van der Waals surface area contributed by atoms with Gasteiger partial charge in [-0.1, -0.05) is 39.0 Å². The minimum Gasteiger partial charge on any atom is -0.480 e. The van der Waals surface area contributed by atoms with Crippen LogP contribution in [0.2, 0.25) is 0 Å². The quantitative estimate of drug-likeness (QED) is 0.606. The van der Waals surface area contributed by atoms with Crippen molar-refractivity contribution in [3.8, 4) is 5.75 Å². The van der Waals surface area contributed by atoms with Crippen LogP contribution in [0.1, 0.15) is 26.3 Å². The van der Waals surface area contributed by atoms with Crippen LogP contribution in [0.3, 0.4) is 0 Å². The van der Waals surface area contributed by atoms with Crippen molar-refractivity contribution in [1.29, 1.82) is 0 Å². The Balaban J connectivity index is 3.14. The summed E-state index contributed by atoms with van der Waals surface area (Å²) in [6.45, 7) is 6.53. The Bertz CT molecular complexity index is 263. The van der Waals surface area contributed by atoms with Crippen LogP contribution in [-0.4, -0.2) is 0 Å². The van der Waals surface area contributed by atoms with Crippen molar-refractivity contribution in [2.45, 2.75) is 26.2 Å². The molecular formula is C10H15OP. The van der Waals surface area contributed by atoms with Crippen LogP contribution in [0.15, 0.2) is 24.3 Å². The van der Waals surface area contributed by atoms with Crippen molar-refractivity contribution in [1.82, 2.24) is 0 Å². The number of hydrogen-bond donors (Lipinski definition) is 0. The van der Waals surface area contributed by atoms with Gasteiger partial charge in [-0.25, -0.2) is 0 Å². The zero-order valence-corrected chi connectivity index (χ0v) is 8.95. The van der Waals surface area contributed by atoms with Gasteiger partial charge in [0.15, 0.2) is 0 Å². The summed E-state index contributed by atoms with van der Waals surface area (Å²) in [5.41, 5.74) is 1.38. The number of benzene rings is 1. The zero-order chi connectivity index (χ0) is 9.19. The molecule has 0 aliphatic carbocycles. The van der Waals surface area contributed by atoms with E-state index in [2.05, 4.69) is 36.3 Å². The van der Waals surface area contributed by atoms with Gasteiger partial charge in [0.05, 0.1) is 9.47 Å². The molecule has 1 atom stereocenters. The summed E-state index contributed by atoms with van der Waals surface area (Å²) in [5.74, 6) is 0.940. The molecule has 0 N–H and O–H groups in total. The van der Waals surface area contributed by atoms with Gasteiger partial charge in [0.25, 0.3) is 0 Å². The van der Waals surface area contributed by atoms with E-state index in [1.807, 2.05) is 18.2 Å². The molecule has 0 aromatic heterocycles. The van der Waals surface area contributed by atoms with Gasteiger partial charge in [-0.3, -0.25) is 0 Å². The van der Waals surface area contributed by atoms with Gasteiger partial charge in [0.1, 0.15) is 5.75 Å². The second-order valence-corrected chi connectivity index (χ2v) is 4.10. The van der Waals surface area contributed by atoms with Crippen molar-refractivity contribution in [3.63, 3.8) is 0 Å². The Morgan fingerprint density at radius 3 is 2.17 bits per heavy atom. The summed E-state index contributed by atoms with van der Waals surface area (Å²) >= 11 is 0. The lowest BCUT2D eigenvalue weighted by Crippen LogP contribution is -2.11. The molecule has 1 unspecified atom stereocenters. The second kappa shape index (κ2) is 3.45. The largest absolute Gasteiger partial charge is 0.480 e. The first-order chi connectivity index (χ1) is 5.55. The number of rotatable bonds is 1. The van der Waals surface area contributed by atoms with Crippen LogP contribution in [0, 0.1) is 0 Å². The van der Waals surface area contributed by atoms with Crippen LogP contribution in [0.4, 0.5) is 0 Å². The highest BCUT2D eigenvalue weighted by Crippen LogP contribution is 2.31. The van der Waals surface area contributed by atoms with E-state index < -0.39 is 0 Å². The van der Waals surface area contributed by atoms with Gasteiger partial charge < -0.3 is 4.52 Å². The van der Waals surface area contributed by atoms with Gasteiger partial charge in [-0.15, -0.1) is 0 Å². The van der Waals surface area contributed by atoms with E-state index in [1.54, 1.807) is 0 Å². The van der Waals surface area contributed by atoms with Crippen LogP contribution in [-0.2, 0) is 5.41 Å². The van der Waals surface area contributed by atoms with Crippen LogP contribution in [0.5, 0.6) is 5.75 Å². The molecule has 0 aliphatic heterocycles. The molecule has 0 saturated carbocycles. The molecule has 12 heavy (non-hydrogen) atoms. The maximum atomic E-state index is 5.19. The van der Waals surface area contributed by atoms with Crippen molar-refractivity contribution < 1.29 is 4.52 Å². The lowest BCUT2D eigenvalue weighted by Gasteiger charge is -2.21. The molecule has 0 saturated heterocycles. The summed E-state index contributed by atoms with van der Waals surface area (Å²) in [4.78, 5) is 0. The minimum absolute atomic E-state index is 0.146. The van der Waals surface area contributed by atoms with Crippen molar-refractivity contribution in [2.24, 2.45) is 0 Å². The van der Waals surface area contributed by atoms with Crippen LogP contribution in [0.25, 0.3) is 0 Å². The van der Waals surface area contributed by atoms with Crippen molar-refractivity contribution in [3.05, 3.63) is 29.8 Å². The van der Waals surface area contributed by atoms with Gasteiger partial charge in [0, 0.05) is 0 Å². The highest BCUT2D eigenvalue weighted by molar-refractivity contribution is 7.10. The first-order valence-corrected chi connectivity index (χ1v) is 4.49. The lowest BCUT2D eigenvalue weighted by atomic mass is 9.86. The predicted molar refractivity (Wildman–Crippen MR) is 55.5 cm³/mol. The summed E-state index contributed by atoms with van der Waals surface area (Å²) < 4.78 is 5.19. The smallest absolute Gasteiger partial charge is 0.126 e. The second-order valence-electron chi connectivity index (χ2n) is 3.86. The van der Waals surface area contributed by atoms with Crippen LogP contribution >= 0.6 is 9.47 Å². The molecule has 0 fully saturated rings. The zero-order valence-electron chi connectivity index (χ0n) is 7.79. The van der Waals surface area contributed by atoms with Gasteiger partial charge >= 0.3 is 0 Å². The lowest BCUT2D eigenvalue weighted by molar-refractivity contribution is 0.546. The molecule has 0 radical (unpaired) electrons. The summed E-state index contributed by atoms with van der Waals surface area (Å²) in [7, 11) is 2.29.